The third kappa shape index (κ3) is 1.88. The molecule has 1 unspecified atom stereocenters. The first-order valence-electron chi connectivity index (χ1n) is 8.23. The molecule has 1 aromatic carbocycles. The fraction of sp³-hybridized carbons (Fsp3) is 0.474. The molecular formula is C19H22N2O. The number of nitrogens with zero attached hydrogens (tertiary/aromatic N) is 2. The monoisotopic (exact) mass is 294 g/mol. The Balaban J connectivity index is 1.85. The van der Waals surface area contributed by atoms with Crippen molar-refractivity contribution in [3.05, 3.63) is 41.6 Å². The number of ketones is 1. The second-order valence-electron chi connectivity index (χ2n) is 7.06. The predicted octanol–water partition coefficient (Wildman–Crippen LogP) is 3.66. The molecule has 0 spiro atoms. The molecule has 3 heteroatoms. The van der Waals surface area contributed by atoms with Gasteiger partial charge in [0.25, 0.3) is 0 Å². The van der Waals surface area contributed by atoms with E-state index in [-0.39, 0.29) is 5.41 Å². The van der Waals surface area contributed by atoms with E-state index in [9.17, 15) is 4.79 Å². The largest absolute Gasteiger partial charge is 0.300 e. The lowest BCUT2D eigenvalue weighted by Crippen LogP contribution is -2.42. The van der Waals surface area contributed by atoms with Crippen molar-refractivity contribution in [2.24, 2.45) is 13.0 Å². The first-order valence-corrected chi connectivity index (χ1v) is 8.23. The fourth-order valence-corrected chi connectivity index (χ4v) is 4.48. The van der Waals surface area contributed by atoms with Gasteiger partial charge < -0.3 is 0 Å². The smallest absolute Gasteiger partial charge is 0.133 e. The zero-order valence-electron chi connectivity index (χ0n) is 13.3. The van der Waals surface area contributed by atoms with Crippen LogP contribution in [-0.2, 0) is 23.7 Å². The quantitative estimate of drug-likeness (QED) is 0.804. The number of aromatic nitrogens is 2. The second-order valence-corrected chi connectivity index (χ2v) is 7.06. The van der Waals surface area contributed by atoms with Crippen molar-refractivity contribution in [2.45, 2.75) is 44.4 Å². The Labute approximate surface area is 131 Å². The third-order valence-corrected chi connectivity index (χ3v) is 5.77. The summed E-state index contributed by atoms with van der Waals surface area (Å²) in [4.78, 5) is 11.8. The van der Waals surface area contributed by atoms with Crippen LogP contribution in [0.5, 0.6) is 0 Å². The molecule has 0 bridgehead atoms. The number of aryl methyl sites for hydroxylation is 1. The number of carbonyl (C=O) groups is 1. The maximum absolute atomic E-state index is 11.8. The molecule has 0 aliphatic heterocycles. The van der Waals surface area contributed by atoms with Crippen LogP contribution in [0.1, 0.15) is 43.9 Å². The van der Waals surface area contributed by atoms with E-state index in [0.29, 0.717) is 18.1 Å². The lowest BCUT2D eigenvalue weighted by atomic mass is 9.60. The molecule has 2 atom stereocenters. The van der Waals surface area contributed by atoms with Crippen molar-refractivity contribution in [2.75, 3.05) is 0 Å². The van der Waals surface area contributed by atoms with E-state index in [0.717, 1.165) is 25.7 Å². The van der Waals surface area contributed by atoms with E-state index in [2.05, 4.69) is 37.3 Å². The number of carbonyl (C=O) groups excluding carboxylic acids is 1. The van der Waals surface area contributed by atoms with Crippen molar-refractivity contribution in [1.29, 1.82) is 0 Å². The summed E-state index contributed by atoms with van der Waals surface area (Å²) in [6, 6.07) is 10.5. The fourth-order valence-electron chi connectivity index (χ4n) is 4.48. The van der Waals surface area contributed by atoms with Gasteiger partial charge in [0.05, 0.1) is 11.4 Å². The highest BCUT2D eigenvalue weighted by Crippen LogP contribution is 2.50. The SMILES string of the molecule is Cn1nc2c(c1-c1ccccc1)CCC1CC(=O)CC[C@]21C. The summed E-state index contributed by atoms with van der Waals surface area (Å²) in [5.41, 5.74) is 5.23. The molecule has 3 nitrogen and oxygen atoms in total. The Bertz CT molecular complexity index is 731. The zero-order chi connectivity index (χ0) is 15.3. The molecule has 2 aromatic rings. The van der Waals surface area contributed by atoms with Gasteiger partial charge in [-0.25, -0.2) is 0 Å². The number of Topliss-reactive ketones (excluding diaryl/α,β-unsaturated/α-hetero) is 1. The van der Waals surface area contributed by atoms with Gasteiger partial charge in [0, 0.05) is 36.4 Å². The van der Waals surface area contributed by atoms with E-state index in [4.69, 9.17) is 5.10 Å². The second kappa shape index (κ2) is 4.80. The molecule has 2 aliphatic carbocycles. The summed E-state index contributed by atoms with van der Waals surface area (Å²) >= 11 is 0. The molecule has 4 rings (SSSR count). The number of fused-ring (bicyclic) bond motifs is 3. The van der Waals surface area contributed by atoms with Crippen LogP contribution >= 0.6 is 0 Å². The van der Waals surface area contributed by atoms with Gasteiger partial charge in [-0.3, -0.25) is 9.48 Å². The molecule has 1 fully saturated rings. The normalized spacial score (nSPS) is 27.4. The Morgan fingerprint density at radius 3 is 2.77 bits per heavy atom. The molecule has 0 amide bonds. The minimum atomic E-state index is 0.0757. The van der Waals surface area contributed by atoms with Crippen LogP contribution in [0.3, 0.4) is 0 Å². The topological polar surface area (TPSA) is 34.9 Å². The molecule has 0 radical (unpaired) electrons. The Kier molecular flexibility index (Phi) is 3.00. The van der Waals surface area contributed by atoms with Crippen molar-refractivity contribution >= 4 is 5.78 Å². The molecule has 114 valence electrons. The standard InChI is InChI=1S/C19H22N2O/c1-19-11-10-15(22)12-14(19)8-9-16-17(21(2)20-18(16)19)13-6-4-3-5-7-13/h3-7,14H,8-12H2,1-2H3/t14?,19-/m0/s1. The average Bonchev–Trinajstić information content (AvgIpc) is 2.86. The Morgan fingerprint density at radius 2 is 2.00 bits per heavy atom. The minimum Gasteiger partial charge on any atom is -0.300 e. The molecular weight excluding hydrogens is 272 g/mol. The summed E-state index contributed by atoms with van der Waals surface area (Å²) in [6.45, 7) is 2.32. The maximum Gasteiger partial charge on any atom is 0.133 e. The Morgan fingerprint density at radius 1 is 1.23 bits per heavy atom. The first-order chi connectivity index (χ1) is 10.6. The highest BCUT2D eigenvalue weighted by molar-refractivity contribution is 5.80. The number of hydrogen-bond acceptors (Lipinski definition) is 2. The molecule has 22 heavy (non-hydrogen) atoms. The summed E-state index contributed by atoms with van der Waals surface area (Å²) in [5, 5.41) is 4.91. The van der Waals surface area contributed by atoms with Crippen LogP contribution in [-0.4, -0.2) is 15.6 Å². The van der Waals surface area contributed by atoms with Gasteiger partial charge in [-0.1, -0.05) is 37.3 Å². The molecule has 2 aliphatic rings. The van der Waals surface area contributed by atoms with Gasteiger partial charge in [-0.2, -0.15) is 5.10 Å². The summed E-state index contributed by atoms with van der Waals surface area (Å²) in [6.07, 6.45) is 4.56. The number of hydrogen-bond donors (Lipinski definition) is 0. The number of benzene rings is 1. The van der Waals surface area contributed by atoms with Gasteiger partial charge in [-0.15, -0.1) is 0 Å². The molecule has 0 saturated heterocycles. The lowest BCUT2D eigenvalue weighted by Gasteiger charge is -2.43. The number of rotatable bonds is 1. The van der Waals surface area contributed by atoms with Gasteiger partial charge >= 0.3 is 0 Å². The van der Waals surface area contributed by atoms with Crippen LogP contribution in [0.4, 0.5) is 0 Å². The van der Waals surface area contributed by atoms with Gasteiger partial charge in [0.15, 0.2) is 0 Å². The van der Waals surface area contributed by atoms with Crippen LogP contribution in [0, 0.1) is 5.92 Å². The summed E-state index contributed by atoms with van der Waals surface area (Å²) < 4.78 is 2.05. The van der Waals surface area contributed by atoms with Crippen LogP contribution in [0.2, 0.25) is 0 Å². The van der Waals surface area contributed by atoms with Gasteiger partial charge in [-0.05, 0) is 25.2 Å². The van der Waals surface area contributed by atoms with E-state index in [1.54, 1.807) is 0 Å². The van der Waals surface area contributed by atoms with Crippen molar-refractivity contribution in [1.82, 2.24) is 9.78 Å². The van der Waals surface area contributed by atoms with Crippen molar-refractivity contribution < 1.29 is 4.79 Å². The first kappa shape index (κ1) is 13.7. The third-order valence-electron chi connectivity index (χ3n) is 5.77. The van der Waals surface area contributed by atoms with Gasteiger partial charge in [0.1, 0.15) is 5.78 Å². The highest BCUT2D eigenvalue weighted by Gasteiger charge is 2.46. The van der Waals surface area contributed by atoms with Crippen LogP contribution in [0.25, 0.3) is 11.3 Å². The van der Waals surface area contributed by atoms with Gasteiger partial charge in [0.2, 0.25) is 0 Å². The van der Waals surface area contributed by atoms with E-state index < -0.39 is 0 Å². The summed E-state index contributed by atoms with van der Waals surface area (Å²) in [7, 11) is 2.05. The summed E-state index contributed by atoms with van der Waals surface area (Å²) in [5.74, 6) is 0.907. The Hall–Kier alpha value is -1.90. The van der Waals surface area contributed by atoms with E-state index in [1.807, 2.05) is 11.7 Å². The molecule has 1 aromatic heterocycles. The molecule has 1 saturated carbocycles. The molecule has 1 heterocycles. The van der Waals surface area contributed by atoms with E-state index in [1.165, 1.54) is 22.5 Å². The highest BCUT2D eigenvalue weighted by atomic mass is 16.1. The maximum atomic E-state index is 11.8. The zero-order valence-corrected chi connectivity index (χ0v) is 13.3. The van der Waals surface area contributed by atoms with Crippen LogP contribution in [0.15, 0.2) is 30.3 Å². The lowest BCUT2D eigenvalue weighted by molar-refractivity contribution is -0.123. The van der Waals surface area contributed by atoms with Crippen molar-refractivity contribution in [3.8, 4) is 11.3 Å². The predicted molar refractivity (Wildman–Crippen MR) is 86.7 cm³/mol. The van der Waals surface area contributed by atoms with E-state index >= 15 is 0 Å². The van der Waals surface area contributed by atoms with Crippen molar-refractivity contribution in [3.63, 3.8) is 0 Å². The molecule has 0 N–H and O–H groups in total. The van der Waals surface area contributed by atoms with Crippen LogP contribution < -0.4 is 0 Å². The minimum absolute atomic E-state index is 0.0757. The average molecular weight is 294 g/mol.